The molecule has 154 valence electrons. The van der Waals surface area contributed by atoms with Gasteiger partial charge in [-0.25, -0.2) is 9.67 Å². The second kappa shape index (κ2) is 9.00. The van der Waals surface area contributed by atoms with Gasteiger partial charge in [-0.1, -0.05) is 46.5 Å². The van der Waals surface area contributed by atoms with Crippen LogP contribution in [0.2, 0.25) is 25.7 Å². The molecule has 0 bridgehead atoms. The second-order valence-corrected chi connectivity index (χ2v) is 15.1. The molecular formula is C21H33N3O3Si. The van der Waals surface area contributed by atoms with Crippen molar-refractivity contribution < 1.29 is 14.3 Å². The highest BCUT2D eigenvalue weighted by Gasteiger charge is 2.24. The first kappa shape index (κ1) is 22.3. The molecule has 2 aromatic rings. The molecule has 0 amide bonds. The van der Waals surface area contributed by atoms with Crippen LogP contribution >= 0.6 is 0 Å². The van der Waals surface area contributed by atoms with Gasteiger partial charge in [-0.3, -0.25) is 4.79 Å². The van der Waals surface area contributed by atoms with Crippen LogP contribution in [0.3, 0.4) is 0 Å². The van der Waals surface area contributed by atoms with E-state index in [1.165, 1.54) is 0 Å². The summed E-state index contributed by atoms with van der Waals surface area (Å²) < 4.78 is 12.7. The maximum atomic E-state index is 12.9. The molecule has 2 aromatic heterocycles. The van der Waals surface area contributed by atoms with Crippen LogP contribution in [0.4, 0.5) is 0 Å². The quantitative estimate of drug-likeness (QED) is 0.339. The van der Waals surface area contributed by atoms with Crippen LogP contribution in [-0.2, 0) is 11.5 Å². The Labute approximate surface area is 169 Å². The van der Waals surface area contributed by atoms with Gasteiger partial charge < -0.3 is 9.47 Å². The summed E-state index contributed by atoms with van der Waals surface area (Å²) in [5.41, 5.74) is 1.66. The monoisotopic (exact) mass is 403 g/mol. The number of carbonyl (C=O) groups excluding carboxylic acids is 1. The van der Waals surface area contributed by atoms with E-state index in [1.54, 1.807) is 24.1 Å². The summed E-state index contributed by atoms with van der Waals surface area (Å²) in [6.07, 6.45) is 2.21. The molecule has 0 spiro atoms. The summed E-state index contributed by atoms with van der Waals surface area (Å²) in [5.74, 6) is 0.549. The van der Waals surface area contributed by atoms with E-state index >= 15 is 0 Å². The minimum atomic E-state index is -1.14. The van der Waals surface area contributed by atoms with E-state index in [0.29, 0.717) is 42.6 Å². The third-order valence-corrected chi connectivity index (χ3v) is 5.85. The van der Waals surface area contributed by atoms with Gasteiger partial charge in [0.25, 0.3) is 0 Å². The number of hydrogen-bond acceptors (Lipinski definition) is 5. The molecule has 0 aliphatic carbocycles. The SMILES string of the molecule is COc1cccc(-c2nn(COCC[Si](C)(C)C)cc2C(=O)CC(C)(C)C)n1. The molecule has 0 unspecified atom stereocenters. The summed E-state index contributed by atoms with van der Waals surface area (Å²) in [6, 6.07) is 6.56. The van der Waals surface area contributed by atoms with Crippen LogP contribution in [0.15, 0.2) is 24.4 Å². The van der Waals surface area contributed by atoms with Crippen molar-refractivity contribution in [2.24, 2.45) is 5.41 Å². The van der Waals surface area contributed by atoms with Gasteiger partial charge in [-0.2, -0.15) is 5.10 Å². The second-order valence-electron chi connectivity index (χ2n) is 9.50. The van der Waals surface area contributed by atoms with E-state index in [4.69, 9.17) is 9.47 Å². The molecule has 0 N–H and O–H groups in total. The molecule has 2 heterocycles. The molecule has 0 aliphatic heterocycles. The molecule has 0 atom stereocenters. The molecule has 6 nitrogen and oxygen atoms in total. The third-order valence-electron chi connectivity index (χ3n) is 4.15. The molecule has 0 fully saturated rings. The van der Waals surface area contributed by atoms with E-state index in [-0.39, 0.29) is 11.2 Å². The van der Waals surface area contributed by atoms with Crippen molar-refractivity contribution >= 4 is 13.9 Å². The standard InChI is InChI=1S/C21H33N3O3Si/c1-21(2,3)13-18(25)16-14-24(15-27-11-12-28(5,6)7)23-20(16)17-9-8-10-19(22-17)26-4/h8-10,14H,11-13,15H2,1-7H3. The zero-order valence-electron chi connectivity index (χ0n) is 18.2. The Morgan fingerprint density at radius 3 is 2.54 bits per heavy atom. The Balaban J connectivity index is 2.27. The number of methoxy groups -OCH3 is 1. The van der Waals surface area contributed by atoms with Gasteiger partial charge in [0.2, 0.25) is 5.88 Å². The highest BCUT2D eigenvalue weighted by atomic mass is 28.3. The fourth-order valence-electron chi connectivity index (χ4n) is 2.65. The molecule has 28 heavy (non-hydrogen) atoms. The lowest BCUT2D eigenvalue weighted by atomic mass is 9.88. The normalized spacial score (nSPS) is 12.2. The van der Waals surface area contributed by atoms with Crippen molar-refractivity contribution in [3.8, 4) is 17.3 Å². The lowest BCUT2D eigenvalue weighted by molar-refractivity contribution is 0.0785. The average molecular weight is 404 g/mol. The molecule has 0 radical (unpaired) electrons. The third kappa shape index (κ3) is 6.87. The number of ketones is 1. The van der Waals surface area contributed by atoms with Gasteiger partial charge in [0.1, 0.15) is 12.4 Å². The first-order valence-corrected chi connectivity index (χ1v) is 13.4. The number of ether oxygens (including phenoxy) is 2. The summed E-state index contributed by atoms with van der Waals surface area (Å²) in [4.78, 5) is 17.4. The van der Waals surface area contributed by atoms with Gasteiger partial charge in [0, 0.05) is 33.4 Å². The maximum absolute atomic E-state index is 12.9. The van der Waals surface area contributed by atoms with Gasteiger partial charge in [0.05, 0.1) is 18.4 Å². The molecule has 0 aliphatic rings. The molecular weight excluding hydrogens is 370 g/mol. The minimum absolute atomic E-state index is 0.0560. The van der Waals surface area contributed by atoms with Crippen LogP contribution < -0.4 is 4.74 Å². The van der Waals surface area contributed by atoms with Crippen LogP contribution in [0.25, 0.3) is 11.4 Å². The Bertz CT molecular complexity index is 804. The summed E-state index contributed by atoms with van der Waals surface area (Å²) in [5, 5.41) is 4.61. The molecule has 0 aromatic carbocycles. The van der Waals surface area contributed by atoms with Gasteiger partial charge in [-0.15, -0.1) is 0 Å². The number of nitrogens with zero attached hydrogens (tertiary/aromatic N) is 3. The van der Waals surface area contributed by atoms with Crippen molar-refractivity contribution in [2.45, 2.75) is 59.6 Å². The van der Waals surface area contributed by atoms with E-state index in [1.807, 2.05) is 12.1 Å². The predicted molar refractivity (Wildman–Crippen MR) is 115 cm³/mol. The predicted octanol–water partition coefficient (Wildman–Crippen LogP) is 4.88. The average Bonchev–Trinajstić information content (AvgIpc) is 3.01. The largest absolute Gasteiger partial charge is 0.481 e. The van der Waals surface area contributed by atoms with Gasteiger partial charge in [-0.05, 0) is 17.5 Å². The Kier molecular flexibility index (Phi) is 7.17. The van der Waals surface area contributed by atoms with Crippen molar-refractivity contribution in [1.82, 2.24) is 14.8 Å². The summed E-state index contributed by atoms with van der Waals surface area (Å²) >= 11 is 0. The highest BCUT2D eigenvalue weighted by molar-refractivity contribution is 6.76. The van der Waals surface area contributed by atoms with Crippen molar-refractivity contribution in [3.05, 3.63) is 30.0 Å². The molecule has 2 rings (SSSR count). The maximum Gasteiger partial charge on any atom is 0.213 e. The van der Waals surface area contributed by atoms with E-state index in [0.717, 1.165) is 6.04 Å². The fourth-order valence-corrected chi connectivity index (χ4v) is 3.41. The Morgan fingerprint density at radius 2 is 1.93 bits per heavy atom. The van der Waals surface area contributed by atoms with Gasteiger partial charge >= 0.3 is 0 Å². The lowest BCUT2D eigenvalue weighted by Crippen LogP contribution is -2.22. The lowest BCUT2D eigenvalue weighted by Gasteiger charge is -2.16. The minimum Gasteiger partial charge on any atom is -0.481 e. The van der Waals surface area contributed by atoms with E-state index < -0.39 is 8.07 Å². The number of Topliss-reactive ketones (excluding diaryl/α,β-unsaturated/α-hetero) is 1. The van der Waals surface area contributed by atoms with Crippen molar-refractivity contribution in [1.29, 1.82) is 0 Å². The smallest absolute Gasteiger partial charge is 0.213 e. The van der Waals surface area contributed by atoms with E-state index in [2.05, 4.69) is 50.5 Å². The summed E-state index contributed by atoms with van der Waals surface area (Å²) in [6.45, 7) is 14.1. The first-order chi connectivity index (χ1) is 13.0. The molecule has 0 saturated heterocycles. The molecule has 7 heteroatoms. The number of rotatable bonds is 9. The molecule has 0 saturated carbocycles. The van der Waals surface area contributed by atoms with Crippen LogP contribution in [0.5, 0.6) is 5.88 Å². The zero-order chi connectivity index (χ0) is 20.9. The van der Waals surface area contributed by atoms with Crippen molar-refractivity contribution in [2.75, 3.05) is 13.7 Å². The van der Waals surface area contributed by atoms with Crippen molar-refractivity contribution in [3.63, 3.8) is 0 Å². The number of pyridine rings is 1. The van der Waals surface area contributed by atoms with Crippen LogP contribution in [0.1, 0.15) is 37.6 Å². The van der Waals surface area contributed by atoms with Crippen LogP contribution in [0, 0.1) is 5.41 Å². The summed E-state index contributed by atoms with van der Waals surface area (Å²) in [7, 11) is 0.431. The highest BCUT2D eigenvalue weighted by Crippen LogP contribution is 2.27. The fraction of sp³-hybridized carbons (Fsp3) is 0.571. The Morgan fingerprint density at radius 1 is 1.21 bits per heavy atom. The number of carbonyl (C=O) groups is 1. The number of hydrogen-bond donors (Lipinski definition) is 0. The Hall–Kier alpha value is -1.99. The topological polar surface area (TPSA) is 66.2 Å². The first-order valence-electron chi connectivity index (χ1n) is 9.68. The zero-order valence-corrected chi connectivity index (χ0v) is 19.2. The van der Waals surface area contributed by atoms with E-state index in [9.17, 15) is 4.79 Å². The van der Waals surface area contributed by atoms with Gasteiger partial charge in [0.15, 0.2) is 5.78 Å². The number of aromatic nitrogens is 3. The van der Waals surface area contributed by atoms with Crippen LogP contribution in [-0.4, -0.2) is 42.3 Å².